The highest BCUT2D eigenvalue weighted by molar-refractivity contribution is 8.10. The molecule has 0 aromatic carbocycles. The van der Waals surface area contributed by atoms with Crippen molar-refractivity contribution < 1.29 is 38.5 Å². The van der Waals surface area contributed by atoms with E-state index in [-0.39, 0.29) is 41.9 Å². The third kappa shape index (κ3) is 8.55. The Kier molecular flexibility index (Phi) is 14.8. The van der Waals surface area contributed by atoms with Crippen molar-refractivity contribution >= 4 is 45.4 Å². The van der Waals surface area contributed by atoms with E-state index in [9.17, 15) is 38.5 Å². The summed E-state index contributed by atoms with van der Waals surface area (Å²) in [7, 11) is -14.3. The molecular weight excluding hydrogens is 553 g/mol. The highest BCUT2D eigenvalue weighted by Crippen LogP contribution is 2.30. The van der Waals surface area contributed by atoms with Crippen molar-refractivity contribution in [3.05, 3.63) is 24.6 Å². The molecule has 0 saturated heterocycles. The number of nitrogens with one attached hydrogen (secondary N) is 2. The van der Waals surface area contributed by atoms with Gasteiger partial charge < -0.3 is 10.6 Å². The molecule has 2 N–H and O–H groups in total. The Morgan fingerprint density at radius 2 is 0.778 bits per heavy atom. The molecule has 1 heterocycles. The van der Waals surface area contributed by atoms with Gasteiger partial charge in [-0.05, 0) is 38.8 Å². The van der Waals surface area contributed by atoms with Crippen LogP contribution in [0.1, 0.15) is 68.2 Å². The summed E-state index contributed by atoms with van der Waals surface area (Å²) in [6, 6.07) is -0.199. The van der Waals surface area contributed by atoms with E-state index in [0.717, 1.165) is 0 Å². The standard InChI is InChI=1S/2C8H18O4S2.C5H6N2O/c2*1-5-8(4,13(9,10)6-2)14(11,12)7-3;8-5-6-3-1-2-4-7-5/h2*5-7H2,1-4H3;1-4H,(H2,6,7,8). The monoisotopic (exact) mass is 594 g/mol. The Morgan fingerprint density at radius 3 is 0.944 bits per heavy atom. The van der Waals surface area contributed by atoms with Gasteiger partial charge in [0.2, 0.25) is 0 Å². The average molecular weight is 595 g/mol. The van der Waals surface area contributed by atoms with Crippen LogP contribution in [-0.2, 0) is 39.3 Å². The summed E-state index contributed by atoms with van der Waals surface area (Å²) in [6.07, 6.45) is 6.80. The van der Waals surface area contributed by atoms with E-state index in [1.54, 1.807) is 38.4 Å². The second-order valence-corrected chi connectivity index (χ2v) is 19.3. The van der Waals surface area contributed by atoms with E-state index >= 15 is 0 Å². The molecule has 1 aliphatic heterocycles. The maximum atomic E-state index is 11.7. The Hall–Kier alpha value is -1.45. The predicted octanol–water partition coefficient (Wildman–Crippen LogP) is 2.29. The molecule has 0 spiro atoms. The molecule has 0 fully saturated rings. The van der Waals surface area contributed by atoms with Gasteiger partial charge in [0.05, 0.1) is 0 Å². The SMILES string of the molecule is CCC(C)(S(=O)(=O)CC)S(=O)(=O)CC.CCC(C)(S(=O)(=O)CC)S(=O)(=O)CC.O=C1NC=CC=CN1. The van der Waals surface area contributed by atoms with Gasteiger partial charge in [-0.3, -0.25) is 0 Å². The van der Waals surface area contributed by atoms with Gasteiger partial charge in [0, 0.05) is 35.4 Å². The van der Waals surface area contributed by atoms with Crippen molar-refractivity contribution in [2.75, 3.05) is 23.0 Å². The molecule has 0 radical (unpaired) electrons. The van der Waals surface area contributed by atoms with Crippen LogP contribution in [-0.4, -0.2) is 70.9 Å². The van der Waals surface area contributed by atoms with Gasteiger partial charge >= 0.3 is 6.03 Å². The first-order valence-electron chi connectivity index (χ1n) is 11.5. The van der Waals surface area contributed by atoms with Crippen LogP contribution in [0.2, 0.25) is 0 Å². The van der Waals surface area contributed by atoms with E-state index in [1.165, 1.54) is 41.5 Å². The van der Waals surface area contributed by atoms with Crippen LogP contribution in [0.15, 0.2) is 24.6 Å². The number of rotatable bonds is 10. The average Bonchev–Trinajstić information content (AvgIpc) is 3.10. The molecule has 0 aliphatic carbocycles. The molecule has 36 heavy (non-hydrogen) atoms. The zero-order chi connectivity index (χ0) is 29.1. The predicted molar refractivity (Wildman–Crippen MR) is 145 cm³/mol. The first-order valence-corrected chi connectivity index (χ1v) is 18.1. The summed E-state index contributed by atoms with van der Waals surface area (Å²) >= 11 is 0. The second kappa shape index (κ2) is 14.5. The van der Waals surface area contributed by atoms with Crippen LogP contribution in [0.5, 0.6) is 0 Å². The molecule has 0 bridgehead atoms. The Bertz CT molecular complexity index is 1040. The normalized spacial score (nSPS) is 14.8. The summed E-state index contributed by atoms with van der Waals surface area (Å²) < 4.78 is 90.2. The molecule has 0 atom stereocenters. The highest BCUT2D eigenvalue weighted by Gasteiger charge is 2.47. The highest BCUT2D eigenvalue weighted by atomic mass is 32.3. The largest absolute Gasteiger partial charge is 0.322 e. The maximum Gasteiger partial charge on any atom is 0.322 e. The summed E-state index contributed by atoms with van der Waals surface area (Å²) in [5, 5.41) is 4.90. The van der Waals surface area contributed by atoms with Crippen LogP contribution in [0.25, 0.3) is 0 Å². The van der Waals surface area contributed by atoms with Gasteiger partial charge in [-0.2, -0.15) is 0 Å². The summed E-state index contributed by atoms with van der Waals surface area (Å²) in [5.41, 5.74) is 0. The minimum absolute atomic E-state index is 0.0966. The van der Waals surface area contributed by atoms with E-state index in [2.05, 4.69) is 10.6 Å². The molecule has 0 unspecified atom stereocenters. The van der Waals surface area contributed by atoms with Gasteiger partial charge in [-0.25, -0.2) is 38.5 Å². The van der Waals surface area contributed by atoms with Gasteiger partial charge in [0.25, 0.3) is 0 Å². The van der Waals surface area contributed by atoms with Crippen LogP contribution in [0.4, 0.5) is 4.79 Å². The van der Waals surface area contributed by atoms with E-state index in [1.807, 2.05) is 0 Å². The Balaban J connectivity index is 0. The zero-order valence-electron chi connectivity index (χ0n) is 22.4. The third-order valence-electron chi connectivity index (χ3n) is 6.17. The lowest BCUT2D eigenvalue weighted by atomic mass is 10.4. The summed E-state index contributed by atoms with van der Waals surface area (Å²) in [4.78, 5) is 10.4. The molecule has 2 amide bonds. The molecule has 1 aliphatic rings. The van der Waals surface area contributed by atoms with E-state index in [4.69, 9.17) is 0 Å². The lowest BCUT2D eigenvalue weighted by molar-refractivity contribution is 0.247. The summed E-state index contributed by atoms with van der Waals surface area (Å²) in [6.45, 7) is 11.6. The van der Waals surface area contributed by atoms with Gasteiger partial charge in [-0.1, -0.05) is 41.5 Å². The van der Waals surface area contributed by atoms with Crippen LogP contribution >= 0.6 is 0 Å². The first-order chi connectivity index (χ1) is 16.3. The topological polar surface area (TPSA) is 178 Å². The smallest absolute Gasteiger partial charge is 0.314 e. The van der Waals surface area contributed by atoms with E-state index < -0.39 is 47.5 Å². The number of hydrogen-bond acceptors (Lipinski definition) is 9. The number of carbonyl (C=O) groups excluding carboxylic acids is 1. The van der Waals surface area contributed by atoms with Gasteiger partial charge in [0.15, 0.2) is 47.5 Å². The molecule has 0 aromatic heterocycles. The van der Waals surface area contributed by atoms with Gasteiger partial charge in [0.1, 0.15) is 0 Å². The minimum atomic E-state index is -3.57. The molecule has 0 aromatic rings. The molecule has 214 valence electrons. The molecular formula is C21H42N2O9S4. The molecule has 11 nitrogen and oxygen atoms in total. The first kappa shape index (κ1) is 36.7. The van der Waals surface area contributed by atoms with Crippen LogP contribution < -0.4 is 10.6 Å². The lowest BCUT2D eigenvalue weighted by Gasteiger charge is -2.26. The summed E-state index contributed by atoms with van der Waals surface area (Å²) in [5.74, 6) is -0.569. The number of sulfone groups is 4. The molecule has 1 rings (SSSR count). The number of urea groups is 1. The minimum Gasteiger partial charge on any atom is -0.314 e. The van der Waals surface area contributed by atoms with Crippen LogP contribution in [0, 0.1) is 0 Å². The Labute approximate surface area is 217 Å². The number of allylic oxidation sites excluding steroid dienone is 2. The Morgan fingerprint density at radius 1 is 0.556 bits per heavy atom. The number of amides is 2. The molecule has 15 heteroatoms. The number of carbonyl (C=O) groups is 1. The third-order valence-corrected chi connectivity index (χ3v) is 18.7. The van der Waals surface area contributed by atoms with Crippen molar-refractivity contribution in [1.82, 2.24) is 10.6 Å². The van der Waals surface area contributed by atoms with Crippen LogP contribution in [0.3, 0.4) is 0 Å². The number of hydrogen-bond donors (Lipinski definition) is 2. The molecule has 0 saturated carbocycles. The fourth-order valence-corrected chi connectivity index (χ4v) is 11.6. The zero-order valence-corrected chi connectivity index (χ0v) is 25.6. The second-order valence-electron chi connectivity index (χ2n) is 7.92. The fraction of sp³-hybridized carbons (Fsp3) is 0.762. The lowest BCUT2D eigenvalue weighted by Crippen LogP contribution is -2.44. The van der Waals surface area contributed by atoms with Gasteiger partial charge in [-0.15, -0.1) is 0 Å². The maximum absolute atomic E-state index is 11.7. The van der Waals surface area contributed by atoms with Crippen molar-refractivity contribution in [1.29, 1.82) is 0 Å². The van der Waals surface area contributed by atoms with Crippen molar-refractivity contribution in [2.45, 2.75) is 76.4 Å². The van der Waals surface area contributed by atoms with Crippen molar-refractivity contribution in [3.63, 3.8) is 0 Å². The van der Waals surface area contributed by atoms with Crippen molar-refractivity contribution in [3.8, 4) is 0 Å². The van der Waals surface area contributed by atoms with Crippen molar-refractivity contribution in [2.24, 2.45) is 0 Å². The fourth-order valence-electron chi connectivity index (χ4n) is 2.89. The quantitative estimate of drug-likeness (QED) is 0.384. The van der Waals surface area contributed by atoms with E-state index in [0.29, 0.717) is 0 Å².